The van der Waals surface area contributed by atoms with Crippen LogP contribution in [0, 0.1) is 30.1 Å². The van der Waals surface area contributed by atoms with Gasteiger partial charge in [-0.05, 0) is 87.7 Å². The van der Waals surface area contributed by atoms with Gasteiger partial charge in [0, 0.05) is 30.4 Å². The Hall–Kier alpha value is -1.58. The first kappa shape index (κ1) is 19.7. The van der Waals surface area contributed by atoms with Crippen molar-refractivity contribution in [3.63, 3.8) is 0 Å². The van der Waals surface area contributed by atoms with E-state index in [2.05, 4.69) is 31.0 Å². The van der Waals surface area contributed by atoms with Crippen LogP contribution in [0.25, 0.3) is 0 Å². The first-order chi connectivity index (χ1) is 13.5. The lowest BCUT2D eigenvalue weighted by molar-refractivity contribution is 0.0188. The van der Waals surface area contributed by atoms with E-state index in [4.69, 9.17) is 4.74 Å². The minimum atomic E-state index is -0.0791. The number of rotatable bonds is 7. The molecule has 4 nitrogen and oxygen atoms in total. The molecular formula is C24H36N2O2. The zero-order valence-corrected chi connectivity index (χ0v) is 17.7. The van der Waals surface area contributed by atoms with E-state index in [0.29, 0.717) is 6.61 Å². The Morgan fingerprint density at radius 2 is 2.07 bits per heavy atom. The van der Waals surface area contributed by atoms with Gasteiger partial charge in [0.1, 0.15) is 0 Å². The van der Waals surface area contributed by atoms with Crippen LogP contribution >= 0.6 is 0 Å². The fourth-order valence-electron chi connectivity index (χ4n) is 5.13. The van der Waals surface area contributed by atoms with Crippen LogP contribution in [0.1, 0.15) is 69.5 Å². The van der Waals surface area contributed by atoms with Crippen molar-refractivity contribution in [3.8, 4) is 0 Å². The molecule has 4 heteroatoms. The molecule has 1 saturated heterocycles. The van der Waals surface area contributed by atoms with Crippen molar-refractivity contribution in [2.24, 2.45) is 23.2 Å². The number of ether oxygens (including phenoxy) is 1. The number of pyridine rings is 1. The molecule has 2 atom stereocenters. The predicted octanol–water partition coefficient (Wildman–Crippen LogP) is 5.39. The third-order valence-corrected chi connectivity index (χ3v) is 7.47. The molecule has 1 amide bonds. The van der Waals surface area contributed by atoms with Crippen LogP contribution in [0.5, 0.6) is 0 Å². The minimum absolute atomic E-state index is 0.0791. The highest BCUT2D eigenvalue weighted by atomic mass is 16.6. The Labute approximate surface area is 170 Å². The Kier molecular flexibility index (Phi) is 5.93. The summed E-state index contributed by atoms with van der Waals surface area (Å²) in [5.74, 6) is 2.63. The van der Waals surface area contributed by atoms with Gasteiger partial charge < -0.3 is 9.64 Å². The summed E-state index contributed by atoms with van der Waals surface area (Å²) in [6.07, 6.45) is 13.0. The fraction of sp³-hybridized carbons (Fsp3) is 0.750. The zero-order valence-electron chi connectivity index (χ0n) is 17.7. The normalized spacial score (nSPS) is 26.6. The SMILES string of the molecule is Cc1ccc(CCC[C@@H]2C[C@@H]2C2CCN(C(=O)OCC3(C)CCC3)CC2)nc1. The molecule has 3 aliphatic rings. The number of nitrogens with zero attached hydrogens (tertiary/aromatic N) is 2. The second-order valence-electron chi connectivity index (χ2n) is 9.92. The van der Waals surface area contributed by atoms with Gasteiger partial charge in [0.15, 0.2) is 0 Å². The quantitative estimate of drug-likeness (QED) is 0.633. The second kappa shape index (κ2) is 8.42. The van der Waals surface area contributed by atoms with Crippen molar-refractivity contribution in [1.82, 2.24) is 9.88 Å². The maximum atomic E-state index is 12.3. The molecule has 0 radical (unpaired) electrons. The monoisotopic (exact) mass is 384 g/mol. The summed E-state index contributed by atoms with van der Waals surface area (Å²) in [7, 11) is 0. The van der Waals surface area contributed by atoms with Crippen LogP contribution in [0.4, 0.5) is 4.79 Å². The van der Waals surface area contributed by atoms with Gasteiger partial charge in [0.2, 0.25) is 0 Å². The predicted molar refractivity (Wildman–Crippen MR) is 111 cm³/mol. The van der Waals surface area contributed by atoms with E-state index >= 15 is 0 Å². The maximum absolute atomic E-state index is 12.3. The van der Waals surface area contributed by atoms with Gasteiger partial charge in [-0.15, -0.1) is 0 Å². The summed E-state index contributed by atoms with van der Waals surface area (Å²) in [5, 5.41) is 0. The highest BCUT2D eigenvalue weighted by Gasteiger charge is 2.43. The van der Waals surface area contributed by atoms with Gasteiger partial charge in [0.05, 0.1) is 6.61 Å². The molecule has 0 spiro atoms. The van der Waals surface area contributed by atoms with Crippen LogP contribution in [-0.4, -0.2) is 35.7 Å². The third kappa shape index (κ3) is 4.87. The van der Waals surface area contributed by atoms with Crippen LogP contribution in [-0.2, 0) is 11.2 Å². The average Bonchev–Trinajstić information content (AvgIpc) is 3.46. The molecule has 3 fully saturated rings. The van der Waals surface area contributed by atoms with E-state index in [1.807, 2.05) is 11.1 Å². The molecule has 154 valence electrons. The van der Waals surface area contributed by atoms with Gasteiger partial charge in [-0.2, -0.15) is 0 Å². The molecule has 28 heavy (non-hydrogen) atoms. The van der Waals surface area contributed by atoms with Crippen molar-refractivity contribution < 1.29 is 9.53 Å². The molecule has 1 aromatic heterocycles. The maximum Gasteiger partial charge on any atom is 0.409 e. The lowest BCUT2D eigenvalue weighted by Crippen LogP contribution is -2.41. The van der Waals surface area contributed by atoms with E-state index in [9.17, 15) is 4.79 Å². The first-order valence-electron chi connectivity index (χ1n) is 11.4. The van der Waals surface area contributed by atoms with Crippen molar-refractivity contribution in [1.29, 1.82) is 0 Å². The standard InChI is InChI=1S/C24H36N2O2/c1-18-7-8-21(25-16-18)6-3-5-20-15-22(20)19-9-13-26(14-10-19)23(27)28-17-24(2)11-4-12-24/h7-8,16,19-20,22H,3-6,9-15,17H2,1-2H3/t20-,22-/m1/s1. The number of carbonyl (C=O) groups excluding carboxylic acids is 1. The number of aryl methyl sites for hydroxylation is 2. The Morgan fingerprint density at radius 1 is 1.29 bits per heavy atom. The van der Waals surface area contributed by atoms with E-state index < -0.39 is 0 Å². The minimum Gasteiger partial charge on any atom is -0.449 e. The average molecular weight is 385 g/mol. The lowest BCUT2D eigenvalue weighted by Gasteiger charge is -2.38. The molecule has 1 aliphatic heterocycles. The molecule has 4 rings (SSSR count). The fourth-order valence-corrected chi connectivity index (χ4v) is 5.13. The molecule has 1 aromatic rings. The summed E-state index contributed by atoms with van der Waals surface area (Å²) in [6, 6.07) is 4.33. The van der Waals surface area contributed by atoms with Gasteiger partial charge in [-0.3, -0.25) is 4.98 Å². The Morgan fingerprint density at radius 3 is 2.71 bits per heavy atom. The number of hydrogen-bond donors (Lipinski definition) is 0. The molecule has 2 aliphatic carbocycles. The number of aromatic nitrogens is 1. The molecule has 0 unspecified atom stereocenters. The zero-order chi connectivity index (χ0) is 19.6. The number of amides is 1. The van der Waals surface area contributed by atoms with Crippen LogP contribution in [0.3, 0.4) is 0 Å². The van der Waals surface area contributed by atoms with Crippen molar-refractivity contribution >= 4 is 6.09 Å². The summed E-state index contributed by atoms with van der Waals surface area (Å²) >= 11 is 0. The number of carbonyl (C=O) groups is 1. The number of hydrogen-bond acceptors (Lipinski definition) is 3. The summed E-state index contributed by atoms with van der Waals surface area (Å²) in [5.41, 5.74) is 2.72. The van der Waals surface area contributed by atoms with Crippen LogP contribution in [0.15, 0.2) is 18.3 Å². The first-order valence-corrected chi connectivity index (χ1v) is 11.4. The molecule has 0 N–H and O–H groups in total. The van der Waals surface area contributed by atoms with Crippen LogP contribution < -0.4 is 0 Å². The topological polar surface area (TPSA) is 42.4 Å². The smallest absolute Gasteiger partial charge is 0.409 e. The molecule has 2 heterocycles. The van der Waals surface area contributed by atoms with E-state index in [1.165, 1.54) is 49.8 Å². The van der Waals surface area contributed by atoms with E-state index in [-0.39, 0.29) is 11.5 Å². The summed E-state index contributed by atoms with van der Waals surface area (Å²) in [6.45, 7) is 6.70. The molecular weight excluding hydrogens is 348 g/mol. The Bertz CT molecular complexity index is 660. The van der Waals surface area contributed by atoms with Gasteiger partial charge >= 0.3 is 6.09 Å². The number of piperidine rings is 1. The van der Waals surface area contributed by atoms with Gasteiger partial charge in [-0.25, -0.2) is 4.79 Å². The highest BCUT2D eigenvalue weighted by Crippen LogP contribution is 2.50. The molecule has 2 saturated carbocycles. The third-order valence-electron chi connectivity index (χ3n) is 7.47. The molecule has 0 aromatic carbocycles. The lowest BCUT2D eigenvalue weighted by atomic mass is 9.71. The van der Waals surface area contributed by atoms with E-state index in [0.717, 1.165) is 50.1 Å². The molecule has 0 bridgehead atoms. The van der Waals surface area contributed by atoms with Crippen molar-refractivity contribution in [3.05, 3.63) is 29.6 Å². The van der Waals surface area contributed by atoms with Crippen molar-refractivity contribution in [2.75, 3.05) is 19.7 Å². The summed E-state index contributed by atoms with van der Waals surface area (Å²) < 4.78 is 5.60. The second-order valence-corrected chi connectivity index (χ2v) is 9.92. The van der Waals surface area contributed by atoms with Crippen molar-refractivity contribution in [2.45, 2.75) is 71.6 Å². The van der Waals surface area contributed by atoms with E-state index in [1.54, 1.807) is 0 Å². The van der Waals surface area contributed by atoms with Gasteiger partial charge in [0.25, 0.3) is 0 Å². The summed E-state index contributed by atoms with van der Waals surface area (Å²) in [4.78, 5) is 18.8. The van der Waals surface area contributed by atoms with Gasteiger partial charge in [-0.1, -0.05) is 19.4 Å². The highest BCUT2D eigenvalue weighted by molar-refractivity contribution is 5.67. The Balaban J connectivity index is 1.11. The van der Waals surface area contributed by atoms with Crippen LogP contribution in [0.2, 0.25) is 0 Å². The largest absolute Gasteiger partial charge is 0.449 e. The number of likely N-dealkylation sites (tertiary alicyclic amines) is 1.